The third-order valence-corrected chi connectivity index (χ3v) is 9.28. The number of aryl methyl sites for hydroxylation is 1. The Morgan fingerprint density at radius 1 is 1.14 bits per heavy atom. The lowest BCUT2D eigenvalue weighted by atomic mass is 9.72. The summed E-state index contributed by atoms with van der Waals surface area (Å²) in [5.74, 6) is -0.00470. The fourth-order valence-electron chi connectivity index (χ4n) is 5.64. The molecule has 36 heavy (non-hydrogen) atoms. The third-order valence-electron chi connectivity index (χ3n) is 7.14. The summed E-state index contributed by atoms with van der Waals surface area (Å²) < 4.78 is 27.1. The van der Waals surface area contributed by atoms with Gasteiger partial charge in [-0.25, -0.2) is 18.4 Å². The number of carbonyl (C=O) groups is 1. The Kier molecular flexibility index (Phi) is 5.16. The predicted molar refractivity (Wildman–Crippen MR) is 136 cm³/mol. The number of sulfone groups is 1. The van der Waals surface area contributed by atoms with Crippen LogP contribution in [0.5, 0.6) is 0 Å². The van der Waals surface area contributed by atoms with Gasteiger partial charge in [0, 0.05) is 59.6 Å². The monoisotopic (exact) mass is 523 g/mol. The zero-order chi connectivity index (χ0) is 25.4. The third kappa shape index (κ3) is 3.58. The number of nitrogens with zero attached hydrogens (tertiary/aromatic N) is 6. The maximum atomic E-state index is 12.8. The van der Waals surface area contributed by atoms with E-state index >= 15 is 0 Å². The van der Waals surface area contributed by atoms with Crippen LogP contribution in [0.4, 0.5) is 5.82 Å². The summed E-state index contributed by atoms with van der Waals surface area (Å²) in [7, 11) is -3.67. The topological polar surface area (TPSA) is 136 Å². The lowest BCUT2D eigenvalue weighted by molar-refractivity contribution is -0.147. The van der Waals surface area contributed by atoms with Gasteiger partial charge in [-0.1, -0.05) is 6.07 Å². The summed E-state index contributed by atoms with van der Waals surface area (Å²) in [6.07, 6.45) is 6.79. The van der Waals surface area contributed by atoms with Crippen LogP contribution >= 0.6 is 11.3 Å². The van der Waals surface area contributed by atoms with E-state index < -0.39 is 9.84 Å². The number of fused-ring (bicyclic) bond motifs is 3. The summed E-state index contributed by atoms with van der Waals surface area (Å²) in [5.41, 5.74) is 10.6. The molecule has 7 rings (SSSR count). The minimum absolute atomic E-state index is 0.0259. The molecule has 3 atom stereocenters. The molecular weight excluding hydrogens is 498 g/mol. The average molecular weight is 524 g/mol. The summed E-state index contributed by atoms with van der Waals surface area (Å²) in [6.45, 7) is 3.52. The van der Waals surface area contributed by atoms with Crippen LogP contribution in [-0.4, -0.2) is 62.1 Å². The number of nitrogen functional groups attached to an aromatic ring is 1. The lowest BCUT2D eigenvalue weighted by Crippen LogP contribution is -2.62. The summed E-state index contributed by atoms with van der Waals surface area (Å²) >= 11 is 1.54. The van der Waals surface area contributed by atoms with Gasteiger partial charge in [-0.05, 0) is 32.3 Å². The van der Waals surface area contributed by atoms with Crippen LogP contribution in [0.2, 0.25) is 0 Å². The highest BCUT2D eigenvalue weighted by atomic mass is 32.2. The van der Waals surface area contributed by atoms with Crippen molar-refractivity contribution in [2.24, 2.45) is 0 Å². The van der Waals surface area contributed by atoms with Crippen molar-refractivity contribution in [3.63, 3.8) is 0 Å². The Labute approximate surface area is 212 Å². The first-order valence-electron chi connectivity index (χ1n) is 11.7. The van der Waals surface area contributed by atoms with Crippen LogP contribution in [0, 0.1) is 6.92 Å². The second-order valence-electron chi connectivity index (χ2n) is 9.64. The number of aromatic nitrogens is 5. The molecule has 12 heteroatoms. The molecule has 1 amide bonds. The minimum Gasteiger partial charge on any atom is -0.382 e. The van der Waals surface area contributed by atoms with Crippen LogP contribution in [0.1, 0.15) is 43.5 Å². The smallest absolute Gasteiger partial charge is 0.219 e. The first-order chi connectivity index (χ1) is 17.1. The Morgan fingerprint density at radius 3 is 2.47 bits per heavy atom. The van der Waals surface area contributed by atoms with E-state index in [9.17, 15) is 13.2 Å². The molecule has 2 aliphatic heterocycles. The molecule has 0 aromatic carbocycles. The zero-order valence-corrected chi connectivity index (χ0v) is 21.7. The van der Waals surface area contributed by atoms with Crippen molar-refractivity contribution in [1.82, 2.24) is 29.5 Å². The van der Waals surface area contributed by atoms with Crippen LogP contribution in [0.25, 0.3) is 27.5 Å². The molecule has 3 fully saturated rings. The molecule has 2 bridgehead atoms. The maximum absolute atomic E-state index is 12.8. The SMILES string of the molecule is CC(=O)N1[C@@H]2CC(c3nc4c(-c5ccc(-c6nc(C)cs6)nc5)cnn4c(N)c3S(C)(=O)=O)C[C@H]1C2. The standard InChI is InChI=1S/C24H25N7O3S2/c1-12-11-35-24(28-12)19-5-4-14(9-26-19)18-10-27-31-22(25)21(36(3,33)34)20(29-23(18)31)15-6-16-8-17(7-15)30(16)13(2)32/h4-5,9-11,15-17H,6-8,25H2,1-3H3/t15?,16-,17+. The van der Waals surface area contributed by atoms with Gasteiger partial charge >= 0.3 is 0 Å². The summed E-state index contributed by atoms with van der Waals surface area (Å²) in [4.78, 5) is 27.9. The molecule has 2 N–H and O–H groups in total. The zero-order valence-electron chi connectivity index (χ0n) is 20.0. The van der Waals surface area contributed by atoms with Crippen molar-refractivity contribution < 1.29 is 13.2 Å². The molecule has 6 heterocycles. The van der Waals surface area contributed by atoms with Gasteiger partial charge in [0.25, 0.3) is 0 Å². The number of anilines is 1. The highest BCUT2D eigenvalue weighted by molar-refractivity contribution is 7.91. The average Bonchev–Trinajstić information content (AvgIpc) is 3.44. The Bertz CT molecular complexity index is 1610. The number of carbonyl (C=O) groups excluding carboxylic acids is 1. The maximum Gasteiger partial charge on any atom is 0.219 e. The number of nitrogens with two attached hydrogens (primary N) is 1. The first-order valence-corrected chi connectivity index (χ1v) is 14.4. The summed E-state index contributed by atoms with van der Waals surface area (Å²) in [5, 5.41) is 7.20. The van der Waals surface area contributed by atoms with Gasteiger partial charge in [-0.15, -0.1) is 11.3 Å². The fourth-order valence-corrected chi connectivity index (χ4v) is 7.47. The second kappa shape index (κ2) is 8.07. The van der Waals surface area contributed by atoms with Gasteiger partial charge in [0.15, 0.2) is 15.5 Å². The van der Waals surface area contributed by atoms with E-state index in [4.69, 9.17) is 10.7 Å². The van der Waals surface area contributed by atoms with E-state index in [1.54, 1.807) is 19.3 Å². The van der Waals surface area contributed by atoms with Gasteiger partial charge in [0.2, 0.25) is 5.91 Å². The lowest BCUT2D eigenvalue weighted by Gasteiger charge is -2.55. The van der Waals surface area contributed by atoms with Crippen molar-refractivity contribution in [1.29, 1.82) is 0 Å². The number of piperidine rings is 1. The van der Waals surface area contributed by atoms with Gasteiger partial charge in [-0.2, -0.15) is 9.61 Å². The highest BCUT2D eigenvalue weighted by Crippen LogP contribution is 2.47. The van der Waals surface area contributed by atoms with Crippen molar-refractivity contribution in [3.05, 3.63) is 41.3 Å². The van der Waals surface area contributed by atoms with Crippen LogP contribution in [0.3, 0.4) is 0 Å². The van der Waals surface area contributed by atoms with E-state index in [0.717, 1.165) is 34.6 Å². The van der Waals surface area contributed by atoms with Gasteiger partial charge in [-0.3, -0.25) is 9.78 Å². The van der Waals surface area contributed by atoms with Crippen molar-refractivity contribution >= 4 is 38.5 Å². The van der Waals surface area contributed by atoms with E-state index in [-0.39, 0.29) is 34.6 Å². The van der Waals surface area contributed by atoms with Gasteiger partial charge < -0.3 is 10.6 Å². The number of amides is 1. The Hall–Kier alpha value is -3.38. The number of rotatable bonds is 4. The summed E-state index contributed by atoms with van der Waals surface area (Å²) in [6, 6.07) is 4.04. The van der Waals surface area contributed by atoms with E-state index in [0.29, 0.717) is 29.7 Å². The molecule has 0 radical (unpaired) electrons. The Balaban J connectivity index is 1.44. The molecule has 0 spiro atoms. The van der Waals surface area contributed by atoms with Gasteiger partial charge in [0.05, 0.1) is 17.6 Å². The van der Waals surface area contributed by atoms with Crippen LogP contribution < -0.4 is 5.73 Å². The number of hydrogen-bond acceptors (Lipinski definition) is 9. The van der Waals surface area contributed by atoms with Crippen LogP contribution in [0.15, 0.2) is 34.8 Å². The number of thiazole rings is 1. The molecule has 1 aliphatic carbocycles. The highest BCUT2D eigenvalue weighted by Gasteiger charge is 2.48. The first kappa shape index (κ1) is 23.0. The quantitative estimate of drug-likeness (QED) is 0.431. The van der Waals surface area contributed by atoms with Crippen LogP contribution in [-0.2, 0) is 14.6 Å². The number of hydrogen-bond donors (Lipinski definition) is 1. The second-order valence-corrected chi connectivity index (χ2v) is 12.5. The number of pyridine rings is 1. The molecule has 4 aromatic heterocycles. The van der Waals surface area contributed by atoms with E-state index in [1.165, 1.54) is 15.9 Å². The molecule has 1 unspecified atom stereocenters. The molecule has 1 saturated carbocycles. The molecular formula is C24H25N7O3S2. The fraction of sp³-hybridized carbons (Fsp3) is 0.375. The minimum atomic E-state index is -3.67. The molecule has 4 aromatic rings. The molecule has 3 aliphatic rings. The van der Waals surface area contributed by atoms with E-state index in [1.807, 2.05) is 29.3 Å². The largest absolute Gasteiger partial charge is 0.382 e. The normalized spacial score (nSPS) is 21.5. The van der Waals surface area contributed by atoms with Crippen molar-refractivity contribution in [3.8, 4) is 21.8 Å². The van der Waals surface area contributed by atoms with E-state index in [2.05, 4.69) is 15.1 Å². The Morgan fingerprint density at radius 2 is 1.89 bits per heavy atom. The molecule has 2 saturated heterocycles. The van der Waals surface area contributed by atoms with Gasteiger partial charge in [0.1, 0.15) is 15.7 Å². The molecule has 10 nitrogen and oxygen atoms in total. The van der Waals surface area contributed by atoms with Crippen molar-refractivity contribution in [2.75, 3.05) is 12.0 Å². The predicted octanol–water partition coefficient (Wildman–Crippen LogP) is 3.08. The molecule has 186 valence electrons. The van der Waals surface area contributed by atoms with Crippen molar-refractivity contribution in [2.45, 2.75) is 56.0 Å².